The molecule has 0 unspecified atom stereocenters. The third-order valence-electron chi connectivity index (χ3n) is 3.76. The summed E-state index contributed by atoms with van der Waals surface area (Å²) in [6.45, 7) is 0.329. The molecule has 120 valence electrons. The second-order valence-corrected chi connectivity index (χ2v) is 6.10. The minimum Gasteiger partial charge on any atom is -0.348 e. The van der Waals surface area contributed by atoms with Crippen LogP contribution in [-0.4, -0.2) is 10.7 Å². The Balaban J connectivity index is 1.91. The minimum absolute atomic E-state index is 0.00155. The van der Waals surface area contributed by atoms with Crippen LogP contribution >= 0.6 is 23.2 Å². The molecule has 2 aromatic carbocycles. The van der Waals surface area contributed by atoms with E-state index in [1.165, 1.54) is 12.1 Å². The number of hydrogen-bond acceptors (Lipinski definition) is 1. The van der Waals surface area contributed by atoms with Crippen molar-refractivity contribution in [2.24, 2.45) is 0 Å². The molecular formula is C16H11Cl2F3N2. The van der Waals surface area contributed by atoms with Gasteiger partial charge in [0.1, 0.15) is 5.84 Å². The van der Waals surface area contributed by atoms with Crippen LogP contribution in [-0.2, 0) is 19.3 Å². The summed E-state index contributed by atoms with van der Waals surface area (Å²) in [6, 6.07) is 8.64. The summed E-state index contributed by atoms with van der Waals surface area (Å²) < 4.78 is 39.2. The van der Waals surface area contributed by atoms with Crippen LogP contribution in [0, 0.1) is 5.41 Å². The van der Waals surface area contributed by atoms with Crippen LogP contribution in [0.3, 0.4) is 0 Å². The van der Waals surface area contributed by atoms with Gasteiger partial charge in [0.05, 0.1) is 15.6 Å². The van der Waals surface area contributed by atoms with E-state index >= 15 is 0 Å². The molecule has 2 aromatic rings. The molecule has 1 heterocycles. The molecule has 0 spiro atoms. The molecule has 3 rings (SSSR count). The summed E-state index contributed by atoms with van der Waals surface area (Å²) >= 11 is 11.9. The SMILES string of the molecule is N=C1c2cc(Cl)c(Cl)cc2CN1Cc1ccccc1C(F)(F)F. The maximum Gasteiger partial charge on any atom is 0.416 e. The van der Waals surface area contributed by atoms with Gasteiger partial charge in [-0.15, -0.1) is 0 Å². The third kappa shape index (κ3) is 3.03. The number of nitrogens with zero attached hydrogens (tertiary/aromatic N) is 1. The second-order valence-electron chi connectivity index (χ2n) is 5.28. The Morgan fingerprint density at radius 3 is 2.43 bits per heavy atom. The van der Waals surface area contributed by atoms with Gasteiger partial charge in [0.2, 0.25) is 0 Å². The Hall–Kier alpha value is -1.72. The Morgan fingerprint density at radius 2 is 1.74 bits per heavy atom. The van der Waals surface area contributed by atoms with Gasteiger partial charge in [0.25, 0.3) is 0 Å². The van der Waals surface area contributed by atoms with Crippen molar-refractivity contribution in [1.82, 2.24) is 4.90 Å². The van der Waals surface area contributed by atoms with Crippen LogP contribution in [0.25, 0.3) is 0 Å². The van der Waals surface area contributed by atoms with Crippen molar-refractivity contribution in [3.05, 3.63) is 68.7 Å². The topological polar surface area (TPSA) is 27.1 Å². The monoisotopic (exact) mass is 358 g/mol. The van der Waals surface area contributed by atoms with Gasteiger partial charge in [0.15, 0.2) is 0 Å². The highest BCUT2D eigenvalue weighted by molar-refractivity contribution is 6.42. The zero-order valence-electron chi connectivity index (χ0n) is 11.7. The summed E-state index contributed by atoms with van der Waals surface area (Å²) in [5.41, 5.74) is 0.840. The Bertz CT molecular complexity index is 787. The summed E-state index contributed by atoms with van der Waals surface area (Å²) in [7, 11) is 0. The molecule has 0 bridgehead atoms. The second kappa shape index (κ2) is 5.73. The fourth-order valence-corrected chi connectivity index (χ4v) is 3.02. The number of nitrogens with one attached hydrogen (secondary N) is 1. The molecule has 0 saturated heterocycles. The summed E-state index contributed by atoms with van der Waals surface area (Å²) in [5.74, 6) is 0.149. The maximum absolute atomic E-state index is 13.1. The molecule has 0 aliphatic carbocycles. The highest BCUT2D eigenvalue weighted by Crippen LogP contribution is 2.35. The molecule has 0 atom stereocenters. The molecule has 0 radical (unpaired) electrons. The molecule has 2 nitrogen and oxygen atoms in total. The van der Waals surface area contributed by atoms with Crippen molar-refractivity contribution in [2.75, 3.05) is 0 Å². The van der Waals surface area contributed by atoms with Crippen molar-refractivity contribution in [3.63, 3.8) is 0 Å². The Morgan fingerprint density at radius 1 is 1.09 bits per heavy atom. The number of amidine groups is 1. The van der Waals surface area contributed by atoms with Gasteiger partial charge in [-0.05, 0) is 29.3 Å². The first-order chi connectivity index (χ1) is 10.8. The van der Waals surface area contributed by atoms with E-state index in [1.807, 2.05) is 0 Å². The first-order valence-electron chi connectivity index (χ1n) is 6.74. The fraction of sp³-hybridized carbons (Fsp3) is 0.188. The van der Waals surface area contributed by atoms with Crippen molar-refractivity contribution in [3.8, 4) is 0 Å². The van der Waals surface area contributed by atoms with E-state index < -0.39 is 11.7 Å². The van der Waals surface area contributed by atoms with E-state index in [0.29, 0.717) is 22.2 Å². The van der Waals surface area contributed by atoms with Crippen LogP contribution in [0.15, 0.2) is 36.4 Å². The molecular weight excluding hydrogens is 348 g/mol. The third-order valence-corrected chi connectivity index (χ3v) is 4.48. The van der Waals surface area contributed by atoms with Gasteiger partial charge in [-0.3, -0.25) is 5.41 Å². The highest BCUT2D eigenvalue weighted by atomic mass is 35.5. The quantitative estimate of drug-likeness (QED) is 0.769. The number of rotatable bonds is 2. The number of hydrogen-bond donors (Lipinski definition) is 1. The van der Waals surface area contributed by atoms with Crippen LogP contribution in [0.1, 0.15) is 22.3 Å². The predicted molar refractivity (Wildman–Crippen MR) is 84.0 cm³/mol. The van der Waals surface area contributed by atoms with Crippen molar-refractivity contribution < 1.29 is 13.2 Å². The number of alkyl halides is 3. The largest absolute Gasteiger partial charge is 0.416 e. The summed E-state index contributed by atoms with van der Waals surface area (Å²) in [4.78, 5) is 1.57. The molecule has 1 N–H and O–H groups in total. The zero-order chi connectivity index (χ0) is 16.8. The normalized spacial score (nSPS) is 14.3. The number of fused-ring (bicyclic) bond motifs is 1. The van der Waals surface area contributed by atoms with E-state index in [1.54, 1.807) is 23.1 Å². The van der Waals surface area contributed by atoms with E-state index in [0.717, 1.165) is 11.6 Å². The van der Waals surface area contributed by atoms with Crippen LogP contribution in [0.4, 0.5) is 13.2 Å². The van der Waals surface area contributed by atoms with Gasteiger partial charge in [0, 0.05) is 18.7 Å². The molecule has 0 aromatic heterocycles. The zero-order valence-corrected chi connectivity index (χ0v) is 13.2. The van der Waals surface area contributed by atoms with Crippen LogP contribution < -0.4 is 0 Å². The lowest BCUT2D eigenvalue weighted by atomic mass is 10.1. The van der Waals surface area contributed by atoms with Gasteiger partial charge in [-0.25, -0.2) is 0 Å². The average Bonchev–Trinajstić information content (AvgIpc) is 2.76. The Kier molecular flexibility index (Phi) is 4.02. The molecule has 0 amide bonds. The van der Waals surface area contributed by atoms with Gasteiger partial charge in [-0.1, -0.05) is 41.4 Å². The first-order valence-corrected chi connectivity index (χ1v) is 7.50. The molecule has 23 heavy (non-hydrogen) atoms. The molecule has 0 fully saturated rings. The summed E-state index contributed by atoms with van der Waals surface area (Å²) in [6.07, 6.45) is -4.42. The maximum atomic E-state index is 13.1. The molecule has 7 heteroatoms. The minimum atomic E-state index is -4.42. The van der Waals surface area contributed by atoms with E-state index in [2.05, 4.69) is 0 Å². The lowest BCUT2D eigenvalue weighted by Gasteiger charge is -2.20. The standard InChI is InChI=1S/C16H11Cl2F3N2/c17-13-5-10-8-23(15(22)11(10)6-14(13)18)7-9-3-1-2-4-12(9)16(19,20)21/h1-6,22H,7-8H2. The fourth-order valence-electron chi connectivity index (χ4n) is 2.67. The molecule has 0 saturated carbocycles. The van der Waals surface area contributed by atoms with Crippen molar-refractivity contribution in [1.29, 1.82) is 5.41 Å². The van der Waals surface area contributed by atoms with E-state index in [-0.39, 0.29) is 17.9 Å². The average molecular weight is 359 g/mol. The van der Waals surface area contributed by atoms with Gasteiger partial charge in [-0.2, -0.15) is 13.2 Å². The van der Waals surface area contributed by atoms with Crippen molar-refractivity contribution >= 4 is 29.0 Å². The highest BCUT2D eigenvalue weighted by Gasteiger charge is 2.34. The van der Waals surface area contributed by atoms with Crippen LogP contribution in [0.5, 0.6) is 0 Å². The lowest BCUT2D eigenvalue weighted by Crippen LogP contribution is -2.25. The predicted octanol–water partition coefficient (Wildman–Crippen LogP) is 5.35. The summed E-state index contributed by atoms with van der Waals surface area (Å²) in [5, 5.41) is 8.87. The van der Waals surface area contributed by atoms with Gasteiger partial charge < -0.3 is 4.90 Å². The molecule has 1 aliphatic rings. The van der Waals surface area contributed by atoms with Gasteiger partial charge >= 0.3 is 6.18 Å². The smallest absolute Gasteiger partial charge is 0.348 e. The van der Waals surface area contributed by atoms with Crippen molar-refractivity contribution in [2.45, 2.75) is 19.3 Å². The molecule has 1 aliphatic heterocycles. The lowest BCUT2D eigenvalue weighted by molar-refractivity contribution is -0.138. The van der Waals surface area contributed by atoms with Crippen LogP contribution in [0.2, 0.25) is 10.0 Å². The first kappa shape index (κ1) is 16.1. The van der Waals surface area contributed by atoms with E-state index in [4.69, 9.17) is 28.6 Å². The Labute approximate surface area is 140 Å². The van der Waals surface area contributed by atoms with E-state index in [9.17, 15) is 13.2 Å². The number of benzene rings is 2. The number of halogens is 5.